The van der Waals surface area contributed by atoms with Gasteiger partial charge < -0.3 is 9.64 Å². The molecule has 1 aliphatic heterocycles. The van der Waals surface area contributed by atoms with Crippen LogP contribution in [0.1, 0.15) is 31.7 Å². The van der Waals surface area contributed by atoms with Crippen LogP contribution in [0.4, 0.5) is 0 Å². The lowest BCUT2D eigenvalue weighted by atomic mass is 10.0. The van der Waals surface area contributed by atoms with E-state index in [0.29, 0.717) is 26.1 Å². The van der Waals surface area contributed by atoms with E-state index in [0.717, 1.165) is 18.4 Å². The molecule has 0 bridgehead atoms. The smallest absolute Gasteiger partial charge is 0.328 e. The Morgan fingerprint density at radius 1 is 1.43 bits per heavy atom. The highest BCUT2D eigenvalue weighted by Crippen LogP contribution is 2.19. The second kappa shape index (κ2) is 8.10. The molecule has 1 aromatic heterocycles. The van der Waals surface area contributed by atoms with E-state index in [1.54, 1.807) is 22.7 Å². The molecule has 0 N–H and O–H groups in total. The van der Waals surface area contributed by atoms with E-state index >= 15 is 0 Å². The molecule has 1 saturated heterocycles. The first-order valence-corrected chi connectivity index (χ1v) is 8.13. The SMILES string of the molecule is CCOC(=O)C1CCCCN1C(=O)CN(C)Cc1cnn(C)c1. The molecule has 1 fully saturated rings. The Labute approximate surface area is 137 Å². The lowest BCUT2D eigenvalue weighted by Crippen LogP contribution is -2.51. The number of hydrogen-bond donors (Lipinski definition) is 0. The summed E-state index contributed by atoms with van der Waals surface area (Å²) >= 11 is 0. The Hall–Kier alpha value is -1.89. The molecular formula is C16H26N4O3. The highest BCUT2D eigenvalue weighted by Gasteiger charge is 2.33. The fraction of sp³-hybridized carbons (Fsp3) is 0.688. The second-order valence-corrected chi connectivity index (χ2v) is 6.05. The first kappa shape index (κ1) is 17.5. The van der Waals surface area contributed by atoms with Crippen molar-refractivity contribution in [3.8, 4) is 0 Å². The van der Waals surface area contributed by atoms with E-state index in [4.69, 9.17) is 4.74 Å². The maximum atomic E-state index is 12.6. The molecule has 23 heavy (non-hydrogen) atoms. The molecule has 1 atom stereocenters. The summed E-state index contributed by atoms with van der Waals surface area (Å²) in [6.45, 7) is 3.69. The van der Waals surface area contributed by atoms with Crippen LogP contribution in [0.2, 0.25) is 0 Å². The number of piperidine rings is 1. The van der Waals surface area contributed by atoms with Crippen LogP contribution in [0.15, 0.2) is 12.4 Å². The average molecular weight is 322 g/mol. The molecule has 2 rings (SSSR count). The second-order valence-electron chi connectivity index (χ2n) is 6.05. The molecule has 0 aromatic carbocycles. The van der Waals surface area contributed by atoms with Gasteiger partial charge in [0.05, 0.1) is 19.3 Å². The quantitative estimate of drug-likeness (QED) is 0.725. The van der Waals surface area contributed by atoms with Crippen LogP contribution in [-0.2, 0) is 27.9 Å². The Morgan fingerprint density at radius 3 is 2.87 bits per heavy atom. The molecule has 1 aliphatic rings. The van der Waals surface area contributed by atoms with Crippen molar-refractivity contribution in [3.63, 3.8) is 0 Å². The van der Waals surface area contributed by atoms with Crippen LogP contribution in [0.5, 0.6) is 0 Å². The van der Waals surface area contributed by atoms with Crippen LogP contribution in [0.25, 0.3) is 0 Å². The van der Waals surface area contributed by atoms with Crippen LogP contribution < -0.4 is 0 Å². The first-order valence-electron chi connectivity index (χ1n) is 8.13. The van der Waals surface area contributed by atoms with Crippen molar-refractivity contribution in [2.45, 2.75) is 38.8 Å². The number of rotatable bonds is 6. The first-order chi connectivity index (χ1) is 11.0. The van der Waals surface area contributed by atoms with E-state index in [-0.39, 0.29) is 18.4 Å². The molecule has 1 aromatic rings. The molecule has 1 unspecified atom stereocenters. The maximum absolute atomic E-state index is 12.6. The lowest BCUT2D eigenvalue weighted by molar-refractivity contribution is -0.157. The zero-order valence-corrected chi connectivity index (χ0v) is 14.2. The number of esters is 1. The van der Waals surface area contributed by atoms with Crippen LogP contribution in [0, 0.1) is 0 Å². The summed E-state index contributed by atoms with van der Waals surface area (Å²) in [6, 6.07) is -0.428. The third-order valence-electron chi connectivity index (χ3n) is 4.00. The molecule has 0 spiro atoms. The Bertz CT molecular complexity index is 543. The number of likely N-dealkylation sites (N-methyl/N-ethyl adjacent to an activating group) is 1. The molecule has 128 valence electrons. The minimum absolute atomic E-state index is 0.0193. The van der Waals surface area contributed by atoms with Gasteiger partial charge in [-0.25, -0.2) is 4.79 Å². The molecule has 7 heteroatoms. The third-order valence-corrected chi connectivity index (χ3v) is 4.00. The third kappa shape index (κ3) is 4.79. The predicted octanol–water partition coefficient (Wildman–Crippen LogP) is 0.796. The number of carbonyl (C=O) groups excluding carboxylic acids is 2. The zero-order chi connectivity index (χ0) is 16.8. The molecule has 0 radical (unpaired) electrons. The summed E-state index contributed by atoms with van der Waals surface area (Å²) in [5.41, 5.74) is 1.06. The van der Waals surface area contributed by atoms with Gasteiger partial charge in [0.1, 0.15) is 6.04 Å². The highest BCUT2D eigenvalue weighted by atomic mass is 16.5. The van der Waals surface area contributed by atoms with Crippen LogP contribution in [0.3, 0.4) is 0 Å². The zero-order valence-electron chi connectivity index (χ0n) is 14.2. The van der Waals surface area contributed by atoms with Gasteiger partial charge in [-0.3, -0.25) is 14.4 Å². The monoisotopic (exact) mass is 322 g/mol. The van der Waals surface area contributed by atoms with Crippen molar-refractivity contribution in [2.24, 2.45) is 7.05 Å². The number of aryl methyl sites for hydroxylation is 1. The van der Waals surface area contributed by atoms with Gasteiger partial charge in [0.25, 0.3) is 0 Å². The minimum atomic E-state index is -0.428. The van der Waals surface area contributed by atoms with E-state index < -0.39 is 6.04 Å². The van der Waals surface area contributed by atoms with E-state index in [1.807, 2.05) is 25.2 Å². The van der Waals surface area contributed by atoms with Gasteiger partial charge in [0.15, 0.2) is 0 Å². The van der Waals surface area contributed by atoms with E-state index in [2.05, 4.69) is 5.10 Å². The molecule has 7 nitrogen and oxygen atoms in total. The van der Waals surface area contributed by atoms with Crippen molar-refractivity contribution >= 4 is 11.9 Å². The minimum Gasteiger partial charge on any atom is -0.464 e. The van der Waals surface area contributed by atoms with Gasteiger partial charge >= 0.3 is 5.97 Å². The normalized spacial score (nSPS) is 18.3. The molecule has 0 aliphatic carbocycles. The topological polar surface area (TPSA) is 67.7 Å². The van der Waals surface area contributed by atoms with Crippen molar-refractivity contribution in [2.75, 3.05) is 26.7 Å². The summed E-state index contributed by atoms with van der Waals surface area (Å²) in [6.07, 6.45) is 6.32. The predicted molar refractivity (Wildman–Crippen MR) is 85.5 cm³/mol. The van der Waals surface area contributed by atoms with Crippen molar-refractivity contribution in [1.29, 1.82) is 0 Å². The maximum Gasteiger partial charge on any atom is 0.328 e. The molecule has 1 amide bonds. The Balaban J connectivity index is 1.92. The highest BCUT2D eigenvalue weighted by molar-refractivity contribution is 5.85. The summed E-state index contributed by atoms with van der Waals surface area (Å²) in [4.78, 5) is 28.3. The van der Waals surface area contributed by atoms with E-state index in [1.165, 1.54) is 0 Å². The number of hydrogen-bond acceptors (Lipinski definition) is 5. The van der Waals surface area contributed by atoms with Crippen LogP contribution >= 0.6 is 0 Å². The number of amides is 1. The number of likely N-dealkylation sites (tertiary alicyclic amines) is 1. The Kier molecular flexibility index (Phi) is 6.15. The summed E-state index contributed by atoms with van der Waals surface area (Å²) < 4.78 is 6.85. The van der Waals surface area contributed by atoms with E-state index in [9.17, 15) is 9.59 Å². The van der Waals surface area contributed by atoms with Gasteiger partial charge in [0, 0.05) is 31.9 Å². The van der Waals surface area contributed by atoms with Gasteiger partial charge in [-0.15, -0.1) is 0 Å². The standard InChI is InChI=1S/C16H26N4O3/c1-4-23-16(22)14-7-5-6-8-20(14)15(21)12-18(2)10-13-9-17-19(3)11-13/h9,11,14H,4-8,10,12H2,1-3H3. The Morgan fingerprint density at radius 2 is 2.22 bits per heavy atom. The number of aromatic nitrogens is 2. The molecule has 2 heterocycles. The van der Waals surface area contributed by atoms with Crippen molar-refractivity contribution in [3.05, 3.63) is 18.0 Å². The summed E-state index contributed by atoms with van der Waals surface area (Å²) in [5.74, 6) is -0.301. The largest absolute Gasteiger partial charge is 0.464 e. The fourth-order valence-corrected chi connectivity index (χ4v) is 2.96. The number of carbonyl (C=O) groups is 2. The van der Waals surface area contributed by atoms with Gasteiger partial charge in [0.2, 0.25) is 5.91 Å². The lowest BCUT2D eigenvalue weighted by Gasteiger charge is -2.35. The van der Waals surface area contributed by atoms with Crippen molar-refractivity contribution in [1.82, 2.24) is 19.6 Å². The average Bonchev–Trinajstić information content (AvgIpc) is 2.92. The van der Waals surface area contributed by atoms with Gasteiger partial charge in [-0.05, 0) is 33.2 Å². The van der Waals surface area contributed by atoms with Crippen LogP contribution in [-0.4, -0.2) is 64.2 Å². The molecule has 0 saturated carbocycles. The fourth-order valence-electron chi connectivity index (χ4n) is 2.96. The van der Waals surface area contributed by atoms with Crippen molar-refractivity contribution < 1.29 is 14.3 Å². The summed E-state index contributed by atoms with van der Waals surface area (Å²) in [7, 11) is 3.76. The summed E-state index contributed by atoms with van der Waals surface area (Å²) in [5, 5.41) is 4.13. The van der Waals surface area contributed by atoms with Gasteiger partial charge in [-0.1, -0.05) is 0 Å². The number of ether oxygens (including phenoxy) is 1. The molecular weight excluding hydrogens is 296 g/mol. The number of nitrogens with zero attached hydrogens (tertiary/aromatic N) is 4. The van der Waals surface area contributed by atoms with Gasteiger partial charge in [-0.2, -0.15) is 5.10 Å².